The van der Waals surface area contributed by atoms with Crippen LogP contribution in [0.25, 0.3) is 27.7 Å². The van der Waals surface area contributed by atoms with E-state index in [0.717, 1.165) is 38.9 Å². The molecule has 4 aromatic rings. The van der Waals surface area contributed by atoms with E-state index in [4.69, 9.17) is 9.15 Å². The maximum atomic E-state index is 13.4. The van der Waals surface area contributed by atoms with Gasteiger partial charge in [-0.1, -0.05) is 18.2 Å². The summed E-state index contributed by atoms with van der Waals surface area (Å²) in [6, 6.07) is 13.8. The van der Waals surface area contributed by atoms with E-state index in [1.165, 1.54) is 12.1 Å². The maximum absolute atomic E-state index is 13.4. The van der Waals surface area contributed by atoms with Crippen LogP contribution in [-0.4, -0.2) is 18.0 Å². The molecule has 4 rings (SSSR count). The van der Waals surface area contributed by atoms with Gasteiger partial charge in [0.2, 0.25) is 5.91 Å². The lowest BCUT2D eigenvalue weighted by Crippen LogP contribution is -2.21. The highest BCUT2D eigenvalue weighted by Crippen LogP contribution is 2.40. The van der Waals surface area contributed by atoms with E-state index in [2.05, 4.69) is 10.3 Å². The number of nitrogens with one attached hydrogen (secondary N) is 1. The average Bonchev–Trinajstić information content (AvgIpc) is 3.23. The van der Waals surface area contributed by atoms with Crippen LogP contribution in [0, 0.1) is 12.7 Å². The van der Waals surface area contributed by atoms with Gasteiger partial charge in [0.05, 0.1) is 25.6 Å². The molecule has 1 N–H and O–H groups in total. The number of aryl methyl sites for hydroxylation is 1. The van der Waals surface area contributed by atoms with Crippen LogP contribution in [0.1, 0.15) is 23.7 Å². The third-order valence-corrected chi connectivity index (χ3v) is 5.35. The molecule has 32 heavy (non-hydrogen) atoms. The Labute approximate surface area is 185 Å². The van der Waals surface area contributed by atoms with Crippen molar-refractivity contribution in [3.05, 3.63) is 89.7 Å². The second-order valence-electron chi connectivity index (χ2n) is 7.48. The molecule has 0 spiro atoms. The first kappa shape index (κ1) is 21.3. The van der Waals surface area contributed by atoms with Gasteiger partial charge in [0.25, 0.3) is 0 Å². The monoisotopic (exact) mass is 430 g/mol. The molecule has 0 radical (unpaired) electrons. The van der Waals surface area contributed by atoms with Crippen molar-refractivity contribution < 1.29 is 18.3 Å². The van der Waals surface area contributed by atoms with E-state index in [1.54, 1.807) is 37.8 Å². The number of halogens is 1. The summed E-state index contributed by atoms with van der Waals surface area (Å²) in [6.07, 6.45) is 4.89. The predicted octanol–water partition coefficient (Wildman–Crippen LogP) is 5.67. The Kier molecular flexibility index (Phi) is 6.03. The molecule has 0 aliphatic carbocycles. The molecular formula is C26H23FN2O3. The van der Waals surface area contributed by atoms with Gasteiger partial charge in [-0.05, 0) is 55.3 Å². The zero-order valence-electron chi connectivity index (χ0n) is 18.1. The molecule has 2 aromatic carbocycles. The van der Waals surface area contributed by atoms with Gasteiger partial charge in [0.15, 0.2) is 0 Å². The number of fused-ring (bicyclic) bond motifs is 1. The molecule has 0 aliphatic heterocycles. The van der Waals surface area contributed by atoms with Crippen molar-refractivity contribution in [2.45, 2.75) is 20.4 Å². The van der Waals surface area contributed by atoms with Gasteiger partial charge >= 0.3 is 0 Å². The lowest BCUT2D eigenvalue weighted by atomic mass is 9.96. The lowest BCUT2D eigenvalue weighted by molar-refractivity contribution is -0.116. The minimum absolute atomic E-state index is 0.223. The van der Waals surface area contributed by atoms with Crippen LogP contribution in [0.5, 0.6) is 5.75 Å². The number of pyridine rings is 1. The first-order valence-corrected chi connectivity index (χ1v) is 10.2. The van der Waals surface area contributed by atoms with Crippen molar-refractivity contribution in [3.63, 3.8) is 0 Å². The molecule has 0 atom stereocenters. The Morgan fingerprint density at radius 2 is 2.00 bits per heavy atom. The molecular weight excluding hydrogens is 407 g/mol. The number of methoxy groups -OCH3 is 1. The molecule has 162 valence electrons. The summed E-state index contributed by atoms with van der Waals surface area (Å²) in [5.74, 6) is 0.123. The smallest absolute Gasteiger partial charge is 0.244 e. The fraction of sp³-hybridized carbons (Fsp3) is 0.154. The third kappa shape index (κ3) is 4.25. The van der Waals surface area contributed by atoms with Gasteiger partial charge in [0.1, 0.15) is 17.1 Å². The van der Waals surface area contributed by atoms with E-state index in [1.807, 2.05) is 38.1 Å². The van der Waals surface area contributed by atoms with Crippen molar-refractivity contribution in [1.29, 1.82) is 0 Å². The van der Waals surface area contributed by atoms with Crippen LogP contribution in [0.2, 0.25) is 0 Å². The maximum Gasteiger partial charge on any atom is 0.244 e. The third-order valence-electron chi connectivity index (χ3n) is 5.35. The highest BCUT2D eigenvalue weighted by Gasteiger charge is 2.18. The minimum atomic E-state index is -0.296. The summed E-state index contributed by atoms with van der Waals surface area (Å²) >= 11 is 0. The molecule has 1 amide bonds. The van der Waals surface area contributed by atoms with Gasteiger partial charge in [-0.2, -0.15) is 0 Å². The van der Waals surface area contributed by atoms with Gasteiger partial charge in [-0.25, -0.2) is 4.39 Å². The van der Waals surface area contributed by atoms with E-state index in [0.29, 0.717) is 17.9 Å². The Morgan fingerprint density at radius 1 is 1.22 bits per heavy atom. The van der Waals surface area contributed by atoms with Crippen molar-refractivity contribution in [3.8, 4) is 16.9 Å². The number of amides is 1. The number of hydrogen-bond donors (Lipinski definition) is 1. The highest BCUT2D eigenvalue weighted by atomic mass is 19.1. The molecule has 5 nitrogen and oxygen atoms in total. The van der Waals surface area contributed by atoms with E-state index >= 15 is 0 Å². The van der Waals surface area contributed by atoms with Crippen molar-refractivity contribution in [2.24, 2.45) is 0 Å². The molecule has 2 heterocycles. The minimum Gasteiger partial charge on any atom is -0.496 e. The second kappa shape index (κ2) is 9.06. The fourth-order valence-electron chi connectivity index (χ4n) is 3.73. The Bertz CT molecular complexity index is 1290. The zero-order valence-corrected chi connectivity index (χ0v) is 18.1. The number of carbonyl (C=O) groups excluding carboxylic acids is 1. The van der Waals surface area contributed by atoms with Gasteiger partial charge in [-0.15, -0.1) is 0 Å². The Morgan fingerprint density at radius 3 is 2.69 bits per heavy atom. The summed E-state index contributed by atoms with van der Waals surface area (Å²) in [5, 5.41) is 3.72. The van der Waals surface area contributed by atoms with Crippen LogP contribution in [-0.2, 0) is 11.3 Å². The molecule has 0 bridgehead atoms. The number of carbonyl (C=O) groups is 1. The Hall–Kier alpha value is -3.93. The summed E-state index contributed by atoms with van der Waals surface area (Å²) in [5.41, 5.74) is 5.53. The lowest BCUT2D eigenvalue weighted by Gasteiger charge is -2.13. The molecule has 0 saturated heterocycles. The van der Waals surface area contributed by atoms with Gasteiger partial charge < -0.3 is 14.5 Å². The standard InChI is InChI=1S/C26H23FN2O3/c1-16(12-24(30)29-14-20-6-4-5-11-28-20)21-13-22-23(18-7-9-19(27)10-8-18)15-32-26(22)17(2)25(21)31-3/h4-13,15H,14H2,1-3H3,(H,29,30)/b16-12+. The van der Waals surface area contributed by atoms with E-state index < -0.39 is 0 Å². The quantitative estimate of drug-likeness (QED) is 0.400. The number of aromatic nitrogens is 1. The Balaban J connectivity index is 1.70. The SMILES string of the molecule is COc1c(/C(C)=C/C(=O)NCc2ccccn2)cc2c(-c3ccc(F)cc3)coc2c1C. The average molecular weight is 430 g/mol. The summed E-state index contributed by atoms with van der Waals surface area (Å²) in [7, 11) is 1.59. The molecule has 0 fully saturated rings. The van der Waals surface area contributed by atoms with Crippen LogP contribution in [0.15, 0.2) is 71.5 Å². The van der Waals surface area contributed by atoms with Crippen LogP contribution in [0.3, 0.4) is 0 Å². The van der Waals surface area contributed by atoms with E-state index in [-0.39, 0.29) is 11.7 Å². The number of nitrogens with zero attached hydrogens (tertiary/aromatic N) is 1. The van der Waals surface area contributed by atoms with Gasteiger partial charge in [-0.3, -0.25) is 9.78 Å². The van der Waals surface area contributed by atoms with Gasteiger partial charge in [0, 0.05) is 34.3 Å². The zero-order chi connectivity index (χ0) is 22.7. The molecule has 2 aromatic heterocycles. The molecule has 0 saturated carbocycles. The second-order valence-corrected chi connectivity index (χ2v) is 7.48. The number of benzene rings is 2. The van der Waals surface area contributed by atoms with Crippen LogP contribution >= 0.6 is 0 Å². The normalized spacial score (nSPS) is 11.6. The molecule has 6 heteroatoms. The van der Waals surface area contributed by atoms with Crippen molar-refractivity contribution in [2.75, 3.05) is 7.11 Å². The number of rotatable bonds is 6. The highest BCUT2D eigenvalue weighted by molar-refractivity contribution is 6.01. The summed E-state index contributed by atoms with van der Waals surface area (Å²) < 4.78 is 24.9. The number of allylic oxidation sites excluding steroid dienone is 1. The predicted molar refractivity (Wildman–Crippen MR) is 123 cm³/mol. The fourth-order valence-corrected chi connectivity index (χ4v) is 3.73. The molecule has 0 unspecified atom stereocenters. The van der Waals surface area contributed by atoms with Crippen molar-refractivity contribution in [1.82, 2.24) is 10.3 Å². The topological polar surface area (TPSA) is 64.4 Å². The number of ether oxygens (including phenoxy) is 1. The number of furan rings is 1. The van der Waals surface area contributed by atoms with Crippen LogP contribution < -0.4 is 10.1 Å². The summed E-state index contributed by atoms with van der Waals surface area (Å²) in [4.78, 5) is 16.7. The summed E-state index contributed by atoms with van der Waals surface area (Å²) in [6.45, 7) is 4.12. The number of hydrogen-bond acceptors (Lipinski definition) is 4. The van der Waals surface area contributed by atoms with Crippen molar-refractivity contribution >= 4 is 22.4 Å². The first-order chi connectivity index (χ1) is 15.5. The first-order valence-electron chi connectivity index (χ1n) is 10.2. The van der Waals surface area contributed by atoms with Crippen LogP contribution in [0.4, 0.5) is 4.39 Å². The molecule has 0 aliphatic rings. The van der Waals surface area contributed by atoms with E-state index in [9.17, 15) is 9.18 Å². The largest absolute Gasteiger partial charge is 0.496 e.